The second kappa shape index (κ2) is 5.25. The van der Waals surface area contributed by atoms with E-state index in [0.29, 0.717) is 17.2 Å². The molecule has 0 aromatic carbocycles. The Bertz CT molecular complexity index is 402. The molecule has 3 heteroatoms. The topological polar surface area (TPSA) is 51.8 Å². The van der Waals surface area contributed by atoms with Crippen molar-refractivity contribution >= 4 is 5.82 Å². The van der Waals surface area contributed by atoms with Gasteiger partial charge in [-0.25, -0.2) is 9.97 Å². The van der Waals surface area contributed by atoms with Gasteiger partial charge in [0.2, 0.25) is 0 Å². The van der Waals surface area contributed by atoms with Crippen LogP contribution < -0.4 is 5.73 Å². The summed E-state index contributed by atoms with van der Waals surface area (Å²) < 4.78 is 0. The lowest BCUT2D eigenvalue weighted by molar-refractivity contribution is 0.220. The number of nitrogens with zero attached hydrogens (tertiary/aromatic N) is 2. The summed E-state index contributed by atoms with van der Waals surface area (Å²) in [7, 11) is 0. The van der Waals surface area contributed by atoms with Crippen LogP contribution in [-0.4, -0.2) is 9.97 Å². The first-order valence-electron chi connectivity index (χ1n) is 7.13. The van der Waals surface area contributed by atoms with E-state index in [4.69, 9.17) is 10.7 Å². The van der Waals surface area contributed by atoms with Crippen LogP contribution in [0.5, 0.6) is 0 Å². The second-order valence-corrected chi connectivity index (χ2v) is 6.33. The fourth-order valence-electron chi connectivity index (χ4n) is 2.76. The maximum atomic E-state index is 5.90. The molecule has 0 aliphatic heterocycles. The Morgan fingerprint density at radius 1 is 1.28 bits per heavy atom. The minimum absolute atomic E-state index is 0.489. The molecule has 0 bridgehead atoms. The largest absolute Gasteiger partial charge is 0.384 e. The van der Waals surface area contributed by atoms with Crippen LogP contribution in [0.3, 0.4) is 0 Å². The van der Waals surface area contributed by atoms with Gasteiger partial charge in [0.15, 0.2) is 0 Å². The van der Waals surface area contributed by atoms with Gasteiger partial charge in [-0.1, -0.05) is 27.2 Å². The molecule has 0 amide bonds. The SMILES string of the molecule is CCCc1cc(N)nc(C2CCC(C)(C)CC2)n1. The Kier molecular flexibility index (Phi) is 3.88. The van der Waals surface area contributed by atoms with Gasteiger partial charge in [-0.3, -0.25) is 0 Å². The van der Waals surface area contributed by atoms with E-state index in [1.54, 1.807) is 0 Å². The number of hydrogen-bond donors (Lipinski definition) is 1. The monoisotopic (exact) mass is 247 g/mol. The van der Waals surface area contributed by atoms with Crippen molar-refractivity contribution in [3.8, 4) is 0 Å². The Labute approximate surface area is 110 Å². The van der Waals surface area contributed by atoms with E-state index in [1.807, 2.05) is 6.07 Å². The van der Waals surface area contributed by atoms with E-state index in [0.717, 1.165) is 24.4 Å². The summed E-state index contributed by atoms with van der Waals surface area (Å²) in [6, 6.07) is 1.92. The van der Waals surface area contributed by atoms with Gasteiger partial charge in [0.05, 0.1) is 0 Å². The third-order valence-electron chi connectivity index (χ3n) is 4.03. The molecule has 0 radical (unpaired) electrons. The maximum Gasteiger partial charge on any atom is 0.134 e. The number of anilines is 1. The number of aryl methyl sites for hydroxylation is 1. The summed E-state index contributed by atoms with van der Waals surface area (Å²) in [6.07, 6.45) is 7.02. The molecule has 18 heavy (non-hydrogen) atoms. The molecule has 0 atom stereocenters. The minimum Gasteiger partial charge on any atom is -0.384 e. The van der Waals surface area contributed by atoms with Gasteiger partial charge >= 0.3 is 0 Å². The third-order valence-corrected chi connectivity index (χ3v) is 4.03. The predicted molar refractivity (Wildman–Crippen MR) is 75.4 cm³/mol. The second-order valence-electron chi connectivity index (χ2n) is 6.33. The number of nitrogen functional groups attached to an aromatic ring is 1. The quantitative estimate of drug-likeness (QED) is 0.886. The van der Waals surface area contributed by atoms with Crippen LogP contribution >= 0.6 is 0 Å². The van der Waals surface area contributed by atoms with Crippen molar-refractivity contribution in [2.24, 2.45) is 5.41 Å². The normalized spacial score (nSPS) is 19.9. The summed E-state index contributed by atoms with van der Waals surface area (Å²) in [5, 5.41) is 0. The molecule has 1 aliphatic rings. The minimum atomic E-state index is 0.489. The van der Waals surface area contributed by atoms with E-state index in [9.17, 15) is 0 Å². The van der Waals surface area contributed by atoms with E-state index in [-0.39, 0.29) is 0 Å². The highest BCUT2D eigenvalue weighted by Gasteiger charge is 2.29. The van der Waals surface area contributed by atoms with Gasteiger partial charge in [0.1, 0.15) is 11.6 Å². The molecule has 1 aromatic rings. The Balaban J connectivity index is 2.13. The first kappa shape index (κ1) is 13.3. The molecule has 0 saturated heterocycles. The Hall–Kier alpha value is -1.12. The van der Waals surface area contributed by atoms with E-state index in [1.165, 1.54) is 25.7 Å². The number of rotatable bonds is 3. The fraction of sp³-hybridized carbons (Fsp3) is 0.733. The van der Waals surface area contributed by atoms with E-state index in [2.05, 4.69) is 25.8 Å². The number of nitrogens with two attached hydrogens (primary N) is 1. The molecule has 1 aliphatic carbocycles. The molecule has 1 heterocycles. The van der Waals surface area contributed by atoms with Gasteiger partial charge in [-0.15, -0.1) is 0 Å². The van der Waals surface area contributed by atoms with Crippen LogP contribution in [-0.2, 0) is 6.42 Å². The van der Waals surface area contributed by atoms with Crippen molar-refractivity contribution in [3.63, 3.8) is 0 Å². The van der Waals surface area contributed by atoms with Crippen molar-refractivity contribution in [2.45, 2.75) is 65.2 Å². The van der Waals surface area contributed by atoms with Crippen molar-refractivity contribution in [1.82, 2.24) is 9.97 Å². The summed E-state index contributed by atoms with van der Waals surface area (Å²) in [5.41, 5.74) is 7.49. The van der Waals surface area contributed by atoms with Crippen molar-refractivity contribution in [1.29, 1.82) is 0 Å². The molecule has 100 valence electrons. The smallest absolute Gasteiger partial charge is 0.134 e. The zero-order valence-corrected chi connectivity index (χ0v) is 11.9. The van der Waals surface area contributed by atoms with Crippen LogP contribution in [0.25, 0.3) is 0 Å². The summed E-state index contributed by atoms with van der Waals surface area (Å²) in [5.74, 6) is 2.12. The van der Waals surface area contributed by atoms with Crippen LogP contribution in [0.15, 0.2) is 6.07 Å². The van der Waals surface area contributed by atoms with Gasteiger partial charge in [-0.05, 0) is 37.5 Å². The maximum absolute atomic E-state index is 5.90. The van der Waals surface area contributed by atoms with Gasteiger partial charge < -0.3 is 5.73 Å². The summed E-state index contributed by atoms with van der Waals surface area (Å²) in [4.78, 5) is 9.16. The molecule has 1 aromatic heterocycles. The standard InChI is InChI=1S/C15H25N3/c1-4-5-12-10-13(16)18-14(17-12)11-6-8-15(2,3)9-7-11/h10-11H,4-9H2,1-3H3,(H2,16,17,18). The molecule has 0 unspecified atom stereocenters. The molecule has 1 saturated carbocycles. The van der Waals surface area contributed by atoms with E-state index < -0.39 is 0 Å². The van der Waals surface area contributed by atoms with Crippen LogP contribution in [0.2, 0.25) is 0 Å². The lowest BCUT2D eigenvalue weighted by atomic mass is 9.73. The summed E-state index contributed by atoms with van der Waals surface area (Å²) in [6.45, 7) is 6.87. The van der Waals surface area contributed by atoms with Crippen molar-refractivity contribution in [2.75, 3.05) is 5.73 Å². The molecule has 0 spiro atoms. The Morgan fingerprint density at radius 2 is 1.94 bits per heavy atom. The zero-order chi connectivity index (χ0) is 13.2. The van der Waals surface area contributed by atoms with E-state index >= 15 is 0 Å². The molecular weight excluding hydrogens is 222 g/mol. The third kappa shape index (κ3) is 3.21. The average molecular weight is 247 g/mol. The van der Waals surface area contributed by atoms with Crippen LogP contribution in [0.4, 0.5) is 5.82 Å². The first-order chi connectivity index (χ1) is 8.50. The molecule has 3 nitrogen and oxygen atoms in total. The van der Waals surface area contributed by atoms with Crippen LogP contribution in [0.1, 0.15) is 70.3 Å². The van der Waals surface area contributed by atoms with Gasteiger partial charge in [0.25, 0.3) is 0 Å². The molecule has 1 fully saturated rings. The lowest BCUT2D eigenvalue weighted by Crippen LogP contribution is -2.21. The number of hydrogen-bond acceptors (Lipinski definition) is 3. The highest BCUT2D eigenvalue weighted by Crippen LogP contribution is 2.41. The zero-order valence-electron chi connectivity index (χ0n) is 11.9. The lowest BCUT2D eigenvalue weighted by Gasteiger charge is -2.33. The first-order valence-corrected chi connectivity index (χ1v) is 7.13. The number of aromatic nitrogens is 2. The Morgan fingerprint density at radius 3 is 2.56 bits per heavy atom. The molecule has 2 rings (SSSR count). The fourth-order valence-corrected chi connectivity index (χ4v) is 2.76. The average Bonchev–Trinajstić information content (AvgIpc) is 2.28. The highest BCUT2D eigenvalue weighted by molar-refractivity contribution is 5.30. The molecular formula is C15H25N3. The highest BCUT2D eigenvalue weighted by atomic mass is 15.0. The van der Waals surface area contributed by atoms with Gasteiger partial charge in [-0.2, -0.15) is 0 Å². The van der Waals surface area contributed by atoms with Crippen molar-refractivity contribution < 1.29 is 0 Å². The van der Waals surface area contributed by atoms with Gasteiger partial charge in [0, 0.05) is 17.7 Å². The van der Waals surface area contributed by atoms with Crippen LogP contribution in [0, 0.1) is 5.41 Å². The van der Waals surface area contributed by atoms with Crippen molar-refractivity contribution in [3.05, 3.63) is 17.6 Å². The molecule has 2 N–H and O–H groups in total. The summed E-state index contributed by atoms with van der Waals surface area (Å²) >= 11 is 0. The predicted octanol–water partition coefficient (Wildman–Crippen LogP) is 3.70.